The molecule has 0 radical (unpaired) electrons. The normalized spacial score (nSPS) is 10.6. The zero-order valence-electron chi connectivity index (χ0n) is 12.5. The molecule has 3 rings (SSSR count). The molecule has 0 atom stereocenters. The minimum atomic E-state index is 0.328. The molecule has 1 aromatic heterocycles. The van der Waals surface area contributed by atoms with Crippen molar-refractivity contribution < 1.29 is 5.11 Å². The third-order valence-corrected chi connectivity index (χ3v) is 3.49. The van der Waals surface area contributed by atoms with Crippen LogP contribution in [0.15, 0.2) is 60.8 Å². The number of para-hydroxylation sites is 1. The predicted octanol–water partition coefficient (Wildman–Crippen LogP) is 4.27. The van der Waals surface area contributed by atoms with Gasteiger partial charge in [-0.05, 0) is 30.2 Å². The zero-order valence-corrected chi connectivity index (χ0v) is 12.5. The SMILES string of the molecule is CCCc1ccc(Nc2ccn(-c3ccccc3)n2)cc1O. The van der Waals surface area contributed by atoms with E-state index in [1.807, 2.05) is 59.4 Å². The van der Waals surface area contributed by atoms with Gasteiger partial charge in [0, 0.05) is 24.0 Å². The summed E-state index contributed by atoms with van der Waals surface area (Å²) in [6.45, 7) is 2.10. The Balaban J connectivity index is 1.77. The predicted molar refractivity (Wildman–Crippen MR) is 88.9 cm³/mol. The summed E-state index contributed by atoms with van der Waals surface area (Å²) in [5, 5.41) is 17.7. The standard InChI is InChI=1S/C18H19N3O/c1-2-6-14-9-10-15(13-17(14)22)19-18-11-12-21(20-18)16-7-4-3-5-8-16/h3-5,7-13,22H,2,6H2,1H3,(H,19,20). The summed E-state index contributed by atoms with van der Waals surface area (Å²) in [7, 11) is 0. The molecule has 0 aliphatic heterocycles. The van der Waals surface area contributed by atoms with Gasteiger partial charge >= 0.3 is 0 Å². The topological polar surface area (TPSA) is 50.1 Å². The number of anilines is 2. The van der Waals surface area contributed by atoms with E-state index in [-0.39, 0.29) is 0 Å². The fourth-order valence-corrected chi connectivity index (χ4v) is 2.39. The van der Waals surface area contributed by atoms with Crippen molar-refractivity contribution in [3.63, 3.8) is 0 Å². The average Bonchev–Trinajstić information content (AvgIpc) is 3.00. The van der Waals surface area contributed by atoms with Gasteiger partial charge in [0.2, 0.25) is 0 Å². The van der Waals surface area contributed by atoms with Crippen molar-refractivity contribution in [2.45, 2.75) is 19.8 Å². The smallest absolute Gasteiger partial charge is 0.152 e. The second-order valence-corrected chi connectivity index (χ2v) is 5.20. The van der Waals surface area contributed by atoms with Crippen molar-refractivity contribution in [2.75, 3.05) is 5.32 Å². The van der Waals surface area contributed by atoms with Crippen LogP contribution in [0.2, 0.25) is 0 Å². The maximum Gasteiger partial charge on any atom is 0.152 e. The summed E-state index contributed by atoms with van der Waals surface area (Å²) >= 11 is 0. The van der Waals surface area contributed by atoms with E-state index in [4.69, 9.17) is 0 Å². The van der Waals surface area contributed by atoms with Gasteiger partial charge < -0.3 is 10.4 Å². The molecule has 0 amide bonds. The van der Waals surface area contributed by atoms with Crippen molar-refractivity contribution in [3.8, 4) is 11.4 Å². The van der Waals surface area contributed by atoms with Gasteiger partial charge in [-0.25, -0.2) is 4.68 Å². The number of hydrogen-bond acceptors (Lipinski definition) is 3. The molecular weight excluding hydrogens is 274 g/mol. The van der Waals surface area contributed by atoms with Gasteiger partial charge in [0.15, 0.2) is 5.82 Å². The summed E-state index contributed by atoms with van der Waals surface area (Å²) in [5.74, 6) is 1.07. The lowest BCUT2D eigenvalue weighted by Gasteiger charge is -2.07. The Labute approximate surface area is 130 Å². The van der Waals surface area contributed by atoms with Crippen LogP contribution in [0.4, 0.5) is 11.5 Å². The quantitative estimate of drug-likeness (QED) is 0.738. The number of phenolic OH excluding ortho intramolecular Hbond substituents is 1. The van der Waals surface area contributed by atoms with E-state index in [0.717, 1.165) is 35.6 Å². The first-order valence-corrected chi connectivity index (χ1v) is 7.46. The van der Waals surface area contributed by atoms with E-state index in [1.165, 1.54) is 0 Å². The van der Waals surface area contributed by atoms with Crippen molar-refractivity contribution in [3.05, 3.63) is 66.4 Å². The largest absolute Gasteiger partial charge is 0.508 e. The molecule has 0 saturated carbocycles. The van der Waals surface area contributed by atoms with Crippen LogP contribution in [-0.4, -0.2) is 14.9 Å². The lowest BCUT2D eigenvalue weighted by atomic mass is 10.1. The van der Waals surface area contributed by atoms with E-state index < -0.39 is 0 Å². The minimum absolute atomic E-state index is 0.328. The average molecular weight is 293 g/mol. The first-order valence-electron chi connectivity index (χ1n) is 7.46. The molecule has 0 aliphatic carbocycles. The van der Waals surface area contributed by atoms with Crippen LogP contribution in [-0.2, 0) is 6.42 Å². The highest BCUT2D eigenvalue weighted by Crippen LogP contribution is 2.25. The second kappa shape index (κ2) is 6.35. The lowest BCUT2D eigenvalue weighted by molar-refractivity contribution is 0.468. The highest BCUT2D eigenvalue weighted by molar-refractivity contribution is 5.59. The molecule has 0 fully saturated rings. The van der Waals surface area contributed by atoms with Crippen LogP contribution in [0.25, 0.3) is 5.69 Å². The molecule has 112 valence electrons. The molecule has 4 nitrogen and oxygen atoms in total. The molecular formula is C18H19N3O. The van der Waals surface area contributed by atoms with Gasteiger partial charge in [-0.15, -0.1) is 0 Å². The van der Waals surface area contributed by atoms with Crippen LogP contribution in [0.3, 0.4) is 0 Å². The number of rotatable bonds is 5. The van der Waals surface area contributed by atoms with E-state index in [2.05, 4.69) is 17.3 Å². The maximum atomic E-state index is 10.0. The number of aryl methyl sites for hydroxylation is 1. The van der Waals surface area contributed by atoms with Crippen LogP contribution in [0.1, 0.15) is 18.9 Å². The van der Waals surface area contributed by atoms with E-state index in [1.54, 1.807) is 6.07 Å². The first kappa shape index (κ1) is 14.2. The Hall–Kier alpha value is -2.75. The van der Waals surface area contributed by atoms with Crippen LogP contribution >= 0.6 is 0 Å². The second-order valence-electron chi connectivity index (χ2n) is 5.20. The van der Waals surface area contributed by atoms with Gasteiger partial charge in [0.25, 0.3) is 0 Å². The third kappa shape index (κ3) is 3.11. The van der Waals surface area contributed by atoms with Gasteiger partial charge in [-0.2, -0.15) is 5.10 Å². The number of hydrogen-bond donors (Lipinski definition) is 2. The molecule has 1 heterocycles. The Morgan fingerprint density at radius 3 is 2.64 bits per heavy atom. The lowest BCUT2D eigenvalue weighted by Crippen LogP contribution is -1.97. The number of benzene rings is 2. The summed E-state index contributed by atoms with van der Waals surface area (Å²) in [6, 6.07) is 17.5. The molecule has 22 heavy (non-hydrogen) atoms. The van der Waals surface area contributed by atoms with E-state index in [9.17, 15) is 5.11 Å². The van der Waals surface area contributed by atoms with E-state index in [0.29, 0.717) is 5.75 Å². The number of nitrogens with one attached hydrogen (secondary N) is 1. The Morgan fingerprint density at radius 1 is 1.09 bits per heavy atom. The molecule has 0 bridgehead atoms. The van der Waals surface area contributed by atoms with Gasteiger partial charge in [-0.1, -0.05) is 37.6 Å². The Kier molecular flexibility index (Phi) is 4.10. The summed E-state index contributed by atoms with van der Waals surface area (Å²) in [4.78, 5) is 0. The summed E-state index contributed by atoms with van der Waals surface area (Å²) in [5.41, 5.74) is 2.82. The van der Waals surface area contributed by atoms with Crippen molar-refractivity contribution in [1.29, 1.82) is 0 Å². The molecule has 3 aromatic rings. The molecule has 0 unspecified atom stereocenters. The number of aromatic nitrogens is 2. The molecule has 0 saturated heterocycles. The van der Waals surface area contributed by atoms with Gasteiger partial charge in [0.1, 0.15) is 5.75 Å². The minimum Gasteiger partial charge on any atom is -0.508 e. The molecule has 0 aliphatic rings. The molecule has 2 aromatic carbocycles. The summed E-state index contributed by atoms with van der Waals surface area (Å²) < 4.78 is 1.81. The molecule has 2 N–H and O–H groups in total. The van der Waals surface area contributed by atoms with Crippen molar-refractivity contribution in [1.82, 2.24) is 9.78 Å². The highest BCUT2D eigenvalue weighted by Gasteiger charge is 2.04. The van der Waals surface area contributed by atoms with Crippen LogP contribution < -0.4 is 5.32 Å². The first-order chi connectivity index (χ1) is 10.8. The fourth-order valence-electron chi connectivity index (χ4n) is 2.39. The van der Waals surface area contributed by atoms with Crippen molar-refractivity contribution >= 4 is 11.5 Å². The number of aromatic hydroxyl groups is 1. The monoisotopic (exact) mass is 293 g/mol. The van der Waals surface area contributed by atoms with Crippen LogP contribution in [0, 0.1) is 0 Å². The molecule has 0 spiro atoms. The van der Waals surface area contributed by atoms with E-state index >= 15 is 0 Å². The third-order valence-electron chi connectivity index (χ3n) is 3.49. The Morgan fingerprint density at radius 2 is 1.91 bits per heavy atom. The van der Waals surface area contributed by atoms with Gasteiger partial charge in [-0.3, -0.25) is 0 Å². The fraction of sp³-hybridized carbons (Fsp3) is 0.167. The van der Waals surface area contributed by atoms with Crippen molar-refractivity contribution in [2.24, 2.45) is 0 Å². The summed E-state index contributed by atoms with van der Waals surface area (Å²) in [6.07, 6.45) is 3.81. The van der Waals surface area contributed by atoms with Crippen LogP contribution in [0.5, 0.6) is 5.75 Å². The maximum absolute atomic E-state index is 10.0. The number of nitrogens with zero attached hydrogens (tertiary/aromatic N) is 2. The number of phenols is 1. The van der Waals surface area contributed by atoms with Gasteiger partial charge in [0.05, 0.1) is 5.69 Å². The Bertz CT molecular complexity index is 750. The zero-order chi connectivity index (χ0) is 15.4. The highest BCUT2D eigenvalue weighted by atomic mass is 16.3. The molecule has 4 heteroatoms.